The lowest BCUT2D eigenvalue weighted by molar-refractivity contribution is -0.125. The van der Waals surface area contributed by atoms with Crippen LogP contribution in [0.25, 0.3) is 0 Å². The van der Waals surface area contributed by atoms with Gasteiger partial charge in [0.1, 0.15) is 0 Å². The van der Waals surface area contributed by atoms with Gasteiger partial charge < -0.3 is 10.2 Å². The molecule has 3 amide bonds. The van der Waals surface area contributed by atoms with E-state index in [0.29, 0.717) is 12.5 Å². The molecule has 0 saturated carbocycles. The topological polar surface area (TPSA) is 52.7 Å². The fourth-order valence-corrected chi connectivity index (χ4v) is 3.48. The molecule has 2 heterocycles. The van der Waals surface area contributed by atoms with Crippen molar-refractivity contribution in [2.24, 2.45) is 0 Å². The summed E-state index contributed by atoms with van der Waals surface area (Å²) in [6.45, 7) is 7.68. The van der Waals surface area contributed by atoms with Gasteiger partial charge in [0.15, 0.2) is 0 Å². The van der Waals surface area contributed by atoms with Crippen LogP contribution < -0.4 is 5.32 Å². The number of amides is 3. The molecule has 0 spiro atoms. The van der Waals surface area contributed by atoms with Gasteiger partial charge in [0.05, 0.1) is 23.9 Å². The number of rotatable bonds is 5. The predicted molar refractivity (Wildman–Crippen MR) is 98.1 cm³/mol. The maximum atomic E-state index is 12.9. The van der Waals surface area contributed by atoms with Gasteiger partial charge in [-0.3, -0.25) is 9.69 Å². The van der Waals surface area contributed by atoms with Crippen LogP contribution in [0.4, 0.5) is 4.79 Å². The lowest BCUT2D eigenvalue weighted by Gasteiger charge is -2.31. The van der Waals surface area contributed by atoms with Gasteiger partial charge in [0.2, 0.25) is 0 Å². The lowest BCUT2D eigenvalue weighted by Crippen LogP contribution is -2.45. The quantitative estimate of drug-likeness (QED) is 0.892. The van der Waals surface area contributed by atoms with E-state index in [9.17, 15) is 9.59 Å². The lowest BCUT2D eigenvalue weighted by atomic mass is 9.93. The van der Waals surface area contributed by atoms with E-state index in [-0.39, 0.29) is 18.0 Å². The van der Waals surface area contributed by atoms with E-state index >= 15 is 0 Å². The molecule has 0 radical (unpaired) electrons. The fraction of sp³-hybridized carbons (Fsp3) is 0.500. The van der Waals surface area contributed by atoms with Crippen molar-refractivity contribution in [1.82, 2.24) is 15.1 Å². The molecule has 0 aromatic heterocycles. The van der Waals surface area contributed by atoms with E-state index in [2.05, 4.69) is 38.2 Å². The molecule has 25 heavy (non-hydrogen) atoms. The Morgan fingerprint density at radius 1 is 1.20 bits per heavy atom. The molecule has 134 valence electrons. The maximum absolute atomic E-state index is 12.9. The molecule has 5 nitrogen and oxygen atoms in total. The Bertz CT molecular complexity index is 706. The van der Waals surface area contributed by atoms with Gasteiger partial charge >= 0.3 is 6.03 Å². The minimum Gasteiger partial charge on any atom is -0.333 e. The summed E-state index contributed by atoms with van der Waals surface area (Å²) in [5.74, 6) is 0.502. The molecule has 0 bridgehead atoms. The third-order valence-electron chi connectivity index (χ3n) is 5.15. The van der Waals surface area contributed by atoms with Crippen LogP contribution >= 0.6 is 0 Å². The van der Waals surface area contributed by atoms with Gasteiger partial charge in [0, 0.05) is 13.6 Å². The molecule has 1 N–H and O–H groups in total. The number of carbonyl (C=O) groups excluding carboxylic acids is 2. The number of nitrogens with one attached hydrogen (secondary N) is 1. The van der Waals surface area contributed by atoms with Crippen molar-refractivity contribution >= 4 is 11.9 Å². The van der Waals surface area contributed by atoms with Gasteiger partial charge in [-0.1, -0.05) is 51.5 Å². The molecule has 2 aliphatic heterocycles. The summed E-state index contributed by atoms with van der Waals surface area (Å²) in [6, 6.07) is 7.70. The zero-order valence-electron chi connectivity index (χ0n) is 15.5. The Kier molecular flexibility index (Phi) is 4.84. The van der Waals surface area contributed by atoms with E-state index in [1.54, 1.807) is 11.9 Å². The second-order valence-corrected chi connectivity index (χ2v) is 7.20. The molecule has 1 aromatic rings. The van der Waals surface area contributed by atoms with Crippen LogP contribution in [0.2, 0.25) is 0 Å². The predicted octanol–water partition coefficient (Wildman–Crippen LogP) is 3.40. The molecule has 0 fully saturated rings. The molecular formula is C20H27N3O2. The Labute approximate surface area is 149 Å². The number of unbranched alkanes of at least 4 members (excludes halogenated alkanes) is 1. The minimum absolute atomic E-state index is 0.0493. The third-order valence-corrected chi connectivity index (χ3v) is 5.15. The summed E-state index contributed by atoms with van der Waals surface area (Å²) >= 11 is 0. The first-order chi connectivity index (χ1) is 11.9. The Morgan fingerprint density at radius 3 is 2.48 bits per heavy atom. The average Bonchev–Trinajstić information content (AvgIpc) is 2.93. The first-order valence-corrected chi connectivity index (χ1v) is 9.10. The van der Waals surface area contributed by atoms with Gasteiger partial charge in [-0.15, -0.1) is 0 Å². The van der Waals surface area contributed by atoms with Crippen LogP contribution in [0.15, 0.2) is 35.5 Å². The molecule has 1 aromatic carbocycles. The molecule has 5 heteroatoms. The van der Waals surface area contributed by atoms with Crippen LogP contribution in [0, 0.1) is 0 Å². The highest BCUT2D eigenvalue weighted by atomic mass is 16.2. The largest absolute Gasteiger partial charge is 0.333 e. The SMILES string of the molecule is CCCCN1CC2=C(C1=O)C(c1ccc(C(C)C)cc1)NC(=O)N2C. The number of carbonyl (C=O) groups is 2. The smallest absolute Gasteiger partial charge is 0.322 e. The van der Waals surface area contributed by atoms with Crippen LogP contribution in [0.3, 0.4) is 0 Å². The highest BCUT2D eigenvalue weighted by molar-refractivity contribution is 6.01. The van der Waals surface area contributed by atoms with Crippen molar-refractivity contribution in [3.8, 4) is 0 Å². The average molecular weight is 341 g/mol. The molecule has 0 aliphatic carbocycles. The maximum Gasteiger partial charge on any atom is 0.322 e. The highest BCUT2D eigenvalue weighted by Gasteiger charge is 2.42. The van der Waals surface area contributed by atoms with Crippen molar-refractivity contribution in [1.29, 1.82) is 0 Å². The Hall–Kier alpha value is -2.30. The van der Waals surface area contributed by atoms with E-state index in [1.807, 2.05) is 17.0 Å². The molecule has 2 aliphatic rings. The minimum atomic E-state index is -0.362. The molecule has 1 atom stereocenters. The molecule has 1 unspecified atom stereocenters. The van der Waals surface area contributed by atoms with E-state index in [0.717, 1.165) is 36.2 Å². The number of urea groups is 1. The summed E-state index contributed by atoms with van der Waals surface area (Å²) in [5.41, 5.74) is 3.77. The number of hydrogen-bond donors (Lipinski definition) is 1. The number of hydrogen-bond acceptors (Lipinski definition) is 2. The van der Waals surface area contributed by atoms with Crippen LogP contribution in [-0.4, -0.2) is 41.9 Å². The van der Waals surface area contributed by atoms with Crippen molar-refractivity contribution in [3.05, 3.63) is 46.7 Å². The van der Waals surface area contributed by atoms with Crippen molar-refractivity contribution in [3.63, 3.8) is 0 Å². The highest BCUT2D eigenvalue weighted by Crippen LogP contribution is 2.36. The number of likely N-dealkylation sites (N-methyl/N-ethyl adjacent to an activating group) is 1. The van der Waals surface area contributed by atoms with Crippen LogP contribution in [-0.2, 0) is 4.79 Å². The van der Waals surface area contributed by atoms with E-state index in [4.69, 9.17) is 0 Å². The van der Waals surface area contributed by atoms with Gasteiger partial charge in [-0.05, 0) is 23.5 Å². The van der Waals surface area contributed by atoms with Gasteiger partial charge in [-0.2, -0.15) is 0 Å². The van der Waals surface area contributed by atoms with Crippen molar-refractivity contribution in [2.75, 3.05) is 20.1 Å². The normalized spacial score (nSPS) is 20.4. The van der Waals surface area contributed by atoms with Gasteiger partial charge in [0.25, 0.3) is 5.91 Å². The summed E-state index contributed by atoms with van der Waals surface area (Å²) in [5, 5.41) is 2.99. The summed E-state index contributed by atoms with van der Waals surface area (Å²) < 4.78 is 0. The Balaban J connectivity index is 1.93. The molecule has 3 rings (SSSR count). The second-order valence-electron chi connectivity index (χ2n) is 7.20. The fourth-order valence-electron chi connectivity index (χ4n) is 3.48. The number of nitrogens with zero attached hydrogens (tertiary/aromatic N) is 2. The third kappa shape index (κ3) is 3.15. The second kappa shape index (κ2) is 6.90. The Morgan fingerprint density at radius 2 is 1.88 bits per heavy atom. The summed E-state index contributed by atoms with van der Waals surface area (Å²) in [4.78, 5) is 28.8. The zero-order valence-corrected chi connectivity index (χ0v) is 15.5. The van der Waals surface area contributed by atoms with Gasteiger partial charge in [-0.25, -0.2) is 4.79 Å². The monoisotopic (exact) mass is 341 g/mol. The first kappa shape index (κ1) is 17.5. The summed E-state index contributed by atoms with van der Waals surface area (Å²) in [7, 11) is 1.74. The van der Waals surface area contributed by atoms with Crippen molar-refractivity contribution in [2.45, 2.75) is 45.6 Å². The zero-order chi connectivity index (χ0) is 18.1. The van der Waals surface area contributed by atoms with Crippen LogP contribution in [0.1, 0.15) is 56.7 Å². The number of benzene rings is 1. The van der Waals surface area contributed by atoms with E-state index < -0.39 is 0 Å². The van der Waals surface area contributed by atoms with E-state index in [1.165, 1.54) is 5.56 Å². The standard InChI is InChI=1S/C20H27N3O2/c1-5-6-11-23-12-16-17(19(23)24)18(21-20(25)22(16)4)15-9-7-14(8-10-15)13(2)3/h7-10,13,18H,5-6,11-12H2,1-4H3,(H,21,25). The first-order valence-electron chi connectivity index (χ1n) is 9.10. The molecule has 0 saturated heterocycles. The van der Waals surface area contributed by atoms with Crippen LogP contribution in [0.5, 0.6) is 0 Å². The summed E-state index contributed by atoms with van der Waals surface area (Å²) in [6.07, 6.45) is 2.02. The van der Waals surface area contributed by atoms with Crippen molar-refractivity contribution < 1.29 is 9.59 Å². The molecular weight excluding hydrogens is 314 g/mol.